The summed E-state index contributed by atoms with van der Waals surface area (Å²) in [7, 11) is 1.88. The molecular weight excluding hydrogens is 224 g/mol. The van der Waals surface area contributed by atoms with Gasteiger partial charge in [0.05, 0.1) is 0 Å². The Kier molecular flexibility index (Phi) is 3.26. The number of imidazole rings is 1. The highest BCUT2D eigenvalue weighted by molar-refractivity contribution is 5.30. The molecule has 0 bridgehead atoms. The number of hydrogen-bond donors (Lipinski definition) is 1. The van der Waals surface area contributed by atoms with Gasteiger partial charge < -0.3 is 9.67 Å². The summed E-state index contributed by atoms with van der Waals surface area (Å²) >= 11 is 0. The Balaban J connectivity index is 2.28. The molecule has 0 amide bonds. The van der Waals surface area contributed by atoms with Crippen LogP contribution in [0, 0.1) is 0 Å². The van der Waals surface area contributed by atoms with E-state index in [-0.39, 0.29) is 5.41 Å². The van der Waals surface area contributed by atoms with Gasteiger partial charge in [-0.25, -0.2) is 4.98 Å². The SMILES string of the molecule is Cn1ccnc1C(O)c1ccc(C(C)(C)C)cc1. The monoisotopic (exact) mass is 244 g/mol. The standard InChI is InChI=1S/C15H20N2O/c1-15(2,3)12-7-5-11(6-8-12)13(18)14-16-9-10-17(14)4/h5-10,13,18H,1-4H3. The van der Waals surface area contributed by atoms with Crippen LogP contribution >= 0.6 is 0 Å². The smallest absolute Gasteiger partial charge is 0.142 e. The molecule has 0 saturated heterocycles. The Labute approximate surface area is 108 Å². The van der Waals surface area contributed by atoms with Gasteiger partial charge in [0.25, 0.3) is 0 Å². The second-order valence-corrected chi connectivity index (χ2v) is 5.67. The van der Waals surface area contributed by atoms with Gasteiger partial charge in [-0.2, -0.15) is 0 Å². The Bertz CT molecular complexity index is 520. The zero-order valence-electron chi connectivity index (χ0n) is 11.4. The molecule has 0 radical (unpaired) electrons. The van der Waals surface area contributed by atoms with Crippen molar-refractivity contribution < 1.29 is 5.11 Å². The zero-order valence-corrected chi connectivity index (χ0v) is 11.4. The molecule has 2 rings (SSSR count). The molecule has 1 unspecified atom stereocenters. The van der Waals surface area contributed by atoms with Crippen molar-refractivity contribution in [2.75, 3.05) is 0 Å². The van der Waals surface area contributed by atoms with Crippen LogP contribution in [0.15, 0.2) is 36.7 Å². The van der Waals surface area contributed by atoms with Crippen molar-refractivity contribution in [2.24, 2.45) is 7.05 Å². The predicted octanol–water partition coefficient (Wildman–Crippen LogP) is 2.80. The van der Waals surface area contributed by atoms with E-state index in [1.165, 1.54) is 5.56 Å². The first-order valence-electron chi connectivity index (χ1n) is 6.15. The minimum absolute atomic E-state index is 0.132. The number of benzene rings is 1. The summed E-state index contributed by atoms with van der Waals surface area (Å²) in [6, 6.07) is 8.09. The number of aliphatic hydroxyl groups excluding tert-OH is 1. The van der Waals surface area contributed by atoms with Crippen LogP contribution in [-0.4, -0.2) is 14.7 Å². The van der Waals surface area contributed by atoms with Crippen LogP contribution in [0.4, 0.5) is 0 Å². The zero-order chi connectivity index (χ0) is 13.3. The van der Waals surface area contributed by atoms with E-state index in [9.17, 15) is 5.11 Å². The molecule has 2 aromatic rings. The van der Waals surface area contributed by atoms with E-state index in [0.29, 0.717) is 5.82 Å². The van der Waals surface area contributed by atoms with Gasteiger partial charge in [0.1, 0.15) is 11.9 Å². The topological polar surface area (TPSA) is 38.0 Å². The van der Waals surface area contributed by atoms with Gasteiger partial charge in [-0.15, -0.1) is 0 Å². The van der Waals surface area contributed by atoms with E-state index in [0.717, 1.165) is 5.56 Å². The summed E-state index contributed by atoms with van der Waals surface area (Å²) in [5.41, 5.74) is 2.27. The van der Waals surface area contributed by atoms with Crippen molar-refractivity contribution in [3.63, 3.8) is 0 Å². The summed E-state index contributed by atoms with van der Waals surface area (Å²) in [5, 5.41) is 10.3. The lowest BCUT2D eigenvalue weighted by atomic mass is 9.86. The summed E-state index contributed by atoms with van der Waals surface area (Å²) in [6.45, 7) is 6.53. The van der Waals surface area contributed by atoms with E-state index in [2.05, 4.69) is 37.9 Å². The van der Waals surface area contributed by atoms with Crippen molar-refractivity contribution >= 4 is 0 Å². The lowest BCUT2D eigenvalue weighted by Gasteiger charge is -2.20. The fraction of sp³-hybridized carbons (Fsp3) is 0.400. The molecule has 1 N–H and O–H groups in total. The summed E-state index contributed by atoms with van der Waals surface area (Å²) in [5.74, 6) is 0.665. The number of nitrogens with zero attached hydrogens (tertiary/aromatic N) is 2. The number of aryl methyl sites for hydroxylation is 1. The van der Waals surface area contributed by atoms with Gasteiger partial charge in [0.2, 0.25) is 0 Å². The van der Waals surface area contributed by atoms with Crippen molar-refractivity contribution in [2.45, 2.75) is 32.3 Å². The van der Waals surface area contributed by atoms with E-state index < -0.39 is 6.10 Å². The second-order valence-electron chi connectivity index (χ2n) is 5.67. The third-order valence-electron chi connectivity index (χ3n) is 3.20. The van der Waals surface area contributed by atoms with Gasteiger partial charge >= 0.3 is 0 Å². The summed E-state index contributed by atoms with van der Waals surface area (Å²) in [4.78, 5) is 4.18. The van der Waals surface area contributed by atoms with Gasteiger partial charge in [-0.3, -0.25) is 0 Å². The molecule has 0 saturated carbocycles. The molecule has 1 aromatic heterocycles. The Morgan fingerprint density at radius 2 is 1.78 bits per heavy atom. The number of aliphatic hydroxyl groups is 1. The quantitative estimate of drug-likeness (QED) is 0.882. The largest absolute Gasteiger partial charge is 0.380 e. The maximum atomic E-state index is 10.3. The molecule has 96 valence electrons. The van der Waals surface area contributed by atoms with Crippen molar-refractivity contribution in [3.8, 4) is 0 Å². The molecule has 18 heavy (non-hydrogen) atoms. The third-order valence-corrected chi connectivity index (χ3v) is 3.20. The van der Waals surface area contributed by atoms with Crippen molar-refractivity contribution in [1.82, 2.24) is 9.55 Å². The lowest BCUT2D eigenvalue weighted by Crippen LogP contribution is -2.12. The van der Waals surface area contributed by atoms with Gasteiger partial charge in [0, 0.05) is 19.4 Å². The van der Waals surface area contributed by atoms with E-state index in [1.54, 1.807) is 6.20 Å². The van der Waals surface area contributed by atoms with Crippen LogP contribution in [0.1, 0.15) is 43.8 Å². The first kappa shape index (κ1) is 12.8. The lowest BCUT2D eigenvalue weighted by molar-refractivity contribution is 0.206. The summed E-state index contributed by atoms with van der Waals surface area (Å²) in [6.07, 6.45) is 2.86. The fourth-order valence-corrected chi connectivity index (χ4v) is 1.96. The highest BCUT2D eigenvalue weighted by Crippen LogP contribution is 2.25. The second kappa shape index (κ2) is 4.58. The Morgan fingerprint density at radius 1 is 1.17 bits per heavy atom. The van der Waals surface area contributed by atoms with E-state index >= 15 is 0 Å². The maximum absolute atomic E-state index is 10.3. The molecule has 1 aromatic carbocycles. The fourth-order valence-electron chi connectivity index (χ4n) is 1.96. The first-order valence-corrected chi connectivity index (χ1v) is 6.15. The molecule has 1 heterocycles. The molecule has 0 aliphatic heterocycles. The number of aromatic nitrogens is 2. The summed E-state index contributed by atoms with van der Waals surface area (Å²) < 4.78 is 1.84. The average molecular weight is 244 g/mol. The highest BCUT2D eigenvalue weighted by Gasteiger charge is 2.17. The van der Waals surface area contributed by atoms with Gasteiger partial charge in [0.15, 0.2) is 0 Å². The third kappa shape index (κ3) is 2.46. The molecule has 0 fully saturated rings. The van der Waals surface area contributed by atoms with Crippen LogP contribution in [0.2, 0.25) is 0 Å². The molecule has 3 nitrogen and oxygen atoms in total. The van der Waals surface area contributed by atoms with Crippen LogP contribution in [0.25, 0.3) is 0 Å². The molecule has 0 aliphatic rings. The highest BCUT2D eigenvalue weighted by atomic mass is 16.3. The minimum atomic E-state index is -0.668. The minimum Gasteiger partial charge on any atom is -0.380 e. The predicted molar refractivity (Wildman–Crippen MR) is 72.4 cm³/mol. The van der Waals surface area contributed by atoms with Crippen LogP contribution in [-0.2, 0) is 12.5 Å². The van der Waals surface area contributed by atoms with Crippen molar-refractivity contribution in [1.29, 1.82) is 0 Å². The molecule has 0 aliphatic carbocycles. The van der Waals surface area contributed by atoms with Crippen LogP contribution < -0.4 is 0 Å². The number of hydrogen-bond acceptors (Lipinski definition) is 2. The first-order chi connectivity index (χ1) is 8.39. The van der Waals surface area contributed by atoms with Crippen LogP contribution in [0.3, 0.4) is 0 Å². The van der Waals surface area contributed by atoms with E-state index in [4.69, 9.17) is 0 Å². The van der Waals surface area contributed by atoms with Gasteiger partial charge in [-0.05, 0) is 16.5 Å². The Morgan fingerprint density at radius 3 is 2.22 bits per heavy atom. The number of rotatable bonds is 2. The van der Waals surface area contributed by atoms with Crippen molar-refractivity contribution in [3.05, 3.63) is 53.6 Å². The van der Waals surface area contributed by atoms with Crippen LogP contribution in [0.5, 0.6) is 0 Å². The normalized spacial score (nSPS) is 13.6. The van der Waals surface area contributed by atoms with E-state index in [1.807, 2.05) is 29.9 Å². The van der Waals surface area contributed by atoms with Gasteiger partial charge in [-0.1, -0.05) is 45.0 Å². The maximum Gasteiger partial charge on any atom is 0.142 e. The molecule has 3 heteroatoms. The Hall–Kier alpha value is -1.61. The molecular formula is C15H20N2O. The molecule has 0 spiro atoms. The average Bonchev–Trinajstić information content (AvgIpc) is 2.73. The molecule has 1 atom stereocenters.